The summed E-state index contributed by atoms with van der Waals surface area (Å²) in [5.41, 5.74) is 0.428. The van der Waals surface area contributed by atoms with Crippen LogP contribution in [-0.2, 0) is 10.0 Å². The molecule has 0 unspecified atom stereocenters. The minimum absolute atomic E-state index is 0.0401. The number of aromatic hydroxyl groups is 1. The van der Waals surface area contributed by atoms with Gasteiger partial charge in [-0.05, 0) is 48.9 Å². The van der Waals surface area contributed by atoms with Gasteiger partial charge in [-0.2, -0.15) is 13.5 Å². The molecule has 2 aromatic rings. The topological polar surface area (TPSA) is 88.0 Å². The predicted octanol–water partition coefficient (Wildman–Crippen LogP) is 3.41. The van der Waals surface area contributed by atoms with Crippen LogP contribution in [0.5, 0.6) is 11.5 Å². The van der Waals surface area contributed by atoms with E-state index in [-0.39, 0.29) is 20.7 Å². The fourth-order valence-corrected chi connectivity index (χ4v) is 3.06. The van der Waals surface area contributed by atoms with Gasteiger partial charge in [-0.15, -0.1) is 0 Å². The molecule has 0 aromatic heterocycles. The quantitative estimate of drug-likeness (QED) is 0.586. The Balaban J connectivity index is 2.12. The van der Waals surface area contributed by atoms with Crippen molar-refractivity contribution in [1.29, 1.82) is 0 Å². The molecule has 2 rings (SSSR count). The van der Waals surface area contributed by atoms with Crippen molar-refractivity contribution in [2.24, 2.45) is 5.10 Å². The molecule has 0 fully saturated rings. The molecule has 0 bridgehead atoms. The number of nitrogens with zero attached hydrogens (tertiary/aromatic N) is 1. The summed E-state index contributed by atoms with van der Waals surface area (Å²) in [5.74, 6) is 0.332. The number of hydrogen-bond acceptors (Lipinski definition) is 5. The van der Waals surface area contributed by atoms with Crippen LogP contribution in [0.25, 0.3) is 0 Å². The van der Waals surface area contributed by atoms with Crippen LogP contribution in [0.1, 0.15) is 12.5 Å². The maximum Gasteiger partial charge on any atom is 0.276 e. The highest BCUT2D eigenvalue weighted by Crippen LogP contribution is 2.32. The van der Waals surface area contributed by atoms with Crippen molar-refractivity contribution in [3.63, 3.8) is 0 Å². The van der Waals surface area contributed by atoms with Crippen LogP contribution in [0.2, 0.25) is 10.0 Å². The van der Waals surface area contributed by atoms with E-state index in [2.05, 4.69) is 9.93 Å². The van der Waals surface area contributed by atoms with E-state index in [0.717, 1.165) is 0 Å². The zero-order valence-electron chi connectivity index (χ0n) is 12.5. The van der Waals surface area contributed by atoms with Gasteiger partial charge in [0.05, 0.1) is 27.8 Å². The first kappa shape index (κ1) is 18.4. The highest BCUT2D eigenvalue weighted by Gasteiger charge is 2.12. The zero-order valence-corrected chi connectivity index (χ0v) is 14.9. The first-order chi connectivity index (χ1) is 11.3. The minimum Gasteiger partial charge on any atom is -0.505 e. The molecule has 0 amide bonds. The summed E-state index contributed by atoms with van der Waals surface area (Å²) in [4.78, 5) is 2.13. The smallest absolute Gasteiger partial charge is 0.276 e. The standard InChI is InChI=1S/C15H14Cl2N2O4S/c1-2-23-11-3-5-12(6-4-11)24(21,22)19-18-9-10-7-13(16)15(20)14(17)8-10/h3-9,19-20H,2H2,1H3/b18-9+. The number of phenols is 1. The van der Waals surface area contributed by atoms with Gasteiger partial charge in [0.2, 0.25) is 0 Å². The summed E-state index contributed by atoms with van der Waals surface area (Å²) < 4.78 is 29.5. The van der Waals surface area contributed by atoms with Gasteiger partial charge >= 0.3 is 0 Å². The first-order valence-electron chi connectivity index (χ1n) is 6.79. The van der Waals surface area contributed by atoms with Crippen molar-refractivity contribution in [3.8, 4) is 11.5 Å². The Labute approximate surface area is 149 Å². The third-order valence-electron chi connectivity index (χ3n) is 2.87. The Bertz CT molecular complexity index is 829. The highest BCUT2D eigenvalue weighted by molar-refractivity contribution is 7.89. The van der Waals surface area contributed by atoms with Gasteiger partial charge in [0.25, 0.3) is 10.0 Å². The Hall–Kier alpha value is -1.96. The average molecular weight is 389 g/mol. The largest absolute Gasteiger partial charge is 0.505 e. The van der Waals surface area contributed by atoms with Gasteiger partial charge in [0.1, 0.15) is 5.75 Å². The second kappa shape index (κ2) is 7.74. The number of hydrogen-bond donors (Lipinski definition) is 2. The second-order valence-electron chi connectivity index (χ2n) is 4.59. The summed E-state index contributed by atoms with van der Waals surface area (Å²) in [6.07, 6.45) is 1.23. The maximum absolute atomic E-state index is 12.1. The zero-order chi connectivity index (χ0) is 17.7. The minimum atomic E-state index is -3.81. The molecule has 24 heavy (non-hydrogen) atoms. The molecule has 2 N–H and O–H groups in total. The Morgan fingerprint density at radius 1 is 1.21 bits per heavy atom. The lowest BCUT2D eigenvalue weighted by atomic mass is 10.2. The number of sulfonamides is 1. The number of phenolic OH excluding ortho intramolecular Hbond substituents is 1. The molecule has 128 valence electrons. The number of hydrazone groups is 1. The first-order valence-corrected chi connectivity index (χ1v) is 9.03. The maximum atomic E-state index is 12.1. The average Bonchev–Trinajstić information content (AvgIpc) is 2.53. The van der Waals surface area contributed by atoms with Crippen LogP contribution in [0.4, 0.5) is 0 Å². The van der Waals surface area contributed by atoms with Crippen LogP contribution in [0.15, 0.2) is 46.4 Å². The summed E-state index contributed by atoms with van der Waals surface area (Å²) >= 11 is 11.6. The third kappa shape index (κ3) is 4.53. The van der Waals surface area contributed by atoms with E-state index >= 15 is 0 Å². The lowest BCUT2D eigenvalue weighted by molar-refractivity contribution is 0.340. The van der Waals surface area contributed by atoms with Gasteiger partial charge in [0.15, 0.2) is 5.75 Å². The van der Waals surface area contributed by atoms with E-state index in [9.17, 15) is 13.5 Å². The molecule has 0 heterocycles. The van der Waals surface area contributed by atoms with Gasteiger partial charge in [-0.25, -0.2) is 4.83 Å². The molecular weight excluding hydrogens is 375 g/mol. The normalized spacial score (nSPS) is 11.6. The van der Waals surface area contributed by atoms with Crippen LogP contribution in [0, 0.1) is 0 Å². The third-order valence-corrected chi connectivity index (χ3v) is 4.69. The predicted molar refractivity (Wildman–Crippen MR) is 93.7 cm³/mol. The van der Waals surface area contributed by atoms with Gasteiger partial charge in [0, 0.05) is 0 Å². The summed E-state index contributed by atoms with van der Waals surface area (Å²) in [6, 6.07) is 8.74. The summed E-state index contributed by atoms with van der Waals surface area (Å²) in [7, 11) is -3.81. The Morgan fingerprint density at radius 3 is 2.33 bits per heavy atom. The molecule has 0 saturated heterocycles. The van der Waals surface area contributed by atoms with Crippen molar-refractivity contribution >= 4 is 39.4 Å². The molecule has 0 spiro atoms. The molecule has 2 aromatic carbocycles. The van der Waals surface area contributed by atoms with E-state index in [1.165, 1.54) is 30.5 Å². The lowest BCUT2D eigenvalue weighted by Gasteiger charge is -2.06. The number of halogens is 2. The molecule has 6 nitrogen and oxygen atoms in total. The van der Waals surface area contributed by atoms with E-state index < -0.39 is 10.0 Å². The number of ether oxygens (including phenoxy) is 1. The van der Waals surface area contributed by atoms with Crippen LogP contribution in [-0.4, -0.2) is 26.3 Å². The molecular formula is C15H14Cl2N2O4S. The fourth-order valence-electron chi connectivity index (χ4n) is 1.76. The van der Waals surface area contributed by atoms with Crippen molar-refractivity contribution < 1.29 is 18.3 Å². The molecule has 0 atom stereocenters. The van der Waals surface area contributed by atoms with Crippen LogP contribution >= 0.6 is 23.2 Å². The van der Waals surface area contributed by atoms with Crippen molar-refractivity contribution in [2.45, 2.75) is 11.8 Å². The van der Waals surface area contributed by atoms with Crippen LogP contribution in [0.3, 0.4) is 0 Å². The van der Waals surface area contributed by atoms with Crippen molar-refractivity contribution in [1.82, 2.24) is 4.83 Å². The van der Waals surface area contributed by atoms with Gasteiger partial charge < -0.3 is 9.84 Å². The van der Waals surface area contributed by atoms with E-state index in [4.69, 9.17) is 27.9 Å². The summed E-state index contributed by atoms with van der Waals surface area (Å²) in [6.45, 7) is 2.33. The highest BCUT2D eigenvalue weighted by atomic mass is 35.5. The fraction of sp³-hybridized carbons (Fsp3) is 0.133. The second-order valence-corrected chi connectivity index (χ2v) is 7.07. The van der Waals surface area contributed by atoms with Crippen LogP contribution < -0.4 is 9.57 Å². The van der Waals surface area contributed by atoms with E-state index in [0.29, 0.717) is 17.9 Å². The number of benzene rings is 2. The summed E-state index contributed by atoms with van der Waals surface area (Å²) in [5, 5.41) is 13.2. The van der Waals surface area contributed by atoms with Gasteiger partial charge in [-0.1, -0.05) is 23.2 Å². The SMILES string of the molecule is CCOc1ccc(S(=O)(=O)N/N=C/c2cc(Cl)c(O)c(Cl)c2)cc1. The van der Waals surface area contributed by atoms with E-state index in [1.54, 1.807) is 12.1 Å². The number of nitrogens with one attached hydrogen (secondary N) is 1. The molecule has 0 aliphatic heterocycles. The number of rotatable bonds is 6. The van der Waals surface area contributed by atoms with Crippen molar-refractivity contribution in [2.75, 3.05) is 6.61 Å². The molecule has 0 saturated carbocycles. The van der Waals surface area contributed by atoms with Crippen molar-refractivity contribution in [3.05, 3.63) is 52.0 Å². The lowest BCUT2D eigenvalue weighted by Crippen LogP contribution is -2.18. The molecule has 9 heteroatoms. The molecule has 0 aliphatic carbocycles. The van der Waals surface area contributed by atoms with E-state index in [1.807, 2.05) is 6.92 Å². The van der Waals surface area contributed by atoms with Gasteiger partial charge in [-0.3, -0.25) is 0 Å². The molecule has 0 radical (unpaired) electrons. The Kier molecular flexibility index (Phi) is 5.93. The molecule has 0 aliphatic rings. The Morgan fingerprint density at radius 2 is 1.79 bits per heavy atom. The monoisotopic (exact) mass is 388 g/mol.